The molecule has 0 N–H and O–H groups in total. The number of ether oxygens (including phenoxy) is 1. The van der Waals surface area contributed by atoms with Gasteiger partial charge in [-0.25, -0.2) is 4.79 Å². The SMILES string of the molecule is CCOC(=O)c1ccc(N(CC)C(=O)CC)cc1. The summed E-state index contributed by atoms with van der Waals surface area (Å²) in [5.41, 5.74) is 1.30. The zero-order valence-corrected chi connectivity index (χ0v) is 11.1. The van der Waals surface area contributed by atoms with Gasteiger partial charge in [0.15, 0.2) is 0 Å². The molecule has 0 radical (unpaired) electrons. The van der Waals surface area contributed by atoms with E-state index in [-0.39, 0.29) is 11.9 Å². The molecule has 0 aromatic heterocycles. The van der Waals surface area contributed by atoms with Gasteiger partial charge in [0, 0.05) is 18.7 Å². The van der Waals surface area contributed by atoms with Gasteiger partial charge < -0.3 is 9.64 Å². The molecule has 4 heteroatoms. The summed E-state index contributed by atoms with van der Waals surface area (Å²) in [5, 5.41) is 0. The van der Waals surface area contributed by atoms with E-state index in [2.05, 4.69) is 0 Å². The number of hydrogen-bond acceptors (Lipinski definition) is 3. The second-order valence-corrected chi connectivity index (χ2v) is 3.76. The molecule has 0 heterocycles. The van der Waals surface area contributed by atoms with Crippen LogP contribution in [0.2, 0.25) is 0 Å². The van der Waals surface area contributed by atoms with Crippen LogP contribution in [0.1, 0.15) is 37.6 Å². The van der Waals surface area contributed by atoms with Gasteiger partial charge in [-0.1, -0.05) is 6.92 Å². The van der Waals surface area contributed by atoms with Crippen LogP contribution in [-0.4, -0.2) is 25.0 Å². The quantitative estimate of drug-likeness (QED) is 0.754. The van der Waals surface area contributed by atoms with Crippen LogP contribution in [0, 0.1) is 0 Å². The molecule has 0 saturated heterocycles. The summed E-state index contributed by atoms with van der Waals surface area (Å²) in [7, 11) is 0. The van der Waals surface area contributed by atoms with E-state index < -0.39 is 0 Å². The maximum atomic E-state index is 11.7. The van der Waals surface area contributed by atoms with Crippen molar-refractivity contribution in [3.8, 4) is 0 Å². The van der Waals surface area contributed by atoms with Crippen molar-refractivity contribution in [2.24, 2.45) is 0 Å². The summed E-state index contributed by atoms with van der Waals surface area (Å²) in [6, 6.07) is 6.89. The van der Waals surface area contributed by atoms with E-state index in [9.17, 15) is 9.59 Å². The molecular weight excluding hydrogens is 230 g/mol. The first-order valence-electron chi connectivity index (χ1n) is 6.21. The molecule has 0 saturated carbocycles. The summed E-state index contributed by atoms with van der Waals surface area (Å²) < 4.78 is 4.90. The molecule has 0 fully saturated rings. The topological polar surface area (TPSA) is 46.6 Å². The number of esters is 1. The van der Waals surface area contributed by atoms with Crippen molar-refractivity contribution >= 4 is 17.6 Å². The molecule has 1 aromatic rings. The zero-order chi connectivity index (χ0) is 13.5. The Morgan fingerprint density at radius 1 is 1.11 bits per heavy atom. The lowest BCUT2D eigenvalue weighted by Gasteiger charge is -2.20. The highest BCUT2D eigenvalue weighted by atomic mass is 16.5. The fourth-order valence-corrected chi connectivity index (χ4v) is 1.69. The first-order chi connectivity index (χ1) is 8.63. The predicted molar refractivity (Wildman–Crippen MR) is 70.7 cm³/mol. The monoisotopic (exact) mass is 249 g/mol. The Bertz CT molecular complexity index is 412. The van der Waals surface area contributed by atoms with Crippen molar-refractivity contribution < 1.29 is 14.3 Å². The number of carbonyl (C=O) groups is 2. The van der Waals surface area contributed by atoms with E-state index in [0.29, 0.717) is 25.1 Å². The molecule has 0 aliphatic heterocycles. The highest BCUT2D eigenvalue weighted by Crippen LogP contribution is 2.16. The van der Waals surface area contributed by atoms with E-state index in [0.717, 1.165) is 5.69 Å². The summed E-state index contributed by atoms with van der Waals surface area (Å²) in [4.78, 5) is 24.9. The van der Waals surface area contributed by atoms with Gasteiger partial charge in [-0.3, -0.25) is 4.79 Å². The van der Waals surface area contributed by atoms with E-state index in [1.54, 1.807) is 36.1 Å². The average molecular weight is 249 g/mol. The number of amides is 1. The molecule has 0 aliphatic carbocycles. The maximum absolute atomic E-state index is 11.7. The van der Waals surface area contributed by atoms with Crippen LogP contribution in [0.4, 0.5) is 5.69 Å². The lowest BCUT2D eigenvalue weighted by atomic mass is 10.2. The van der Waals surface area contributed by atoms with Crippen molar-refractivity contribution in [2.45, 2.75) is 27.2 Å². The summed E-state index contributed by atoms with van der Waals surface area (Å²) >= 11 is 0. The summed E-state index contributed by atoms with van der Waals surface area (Å²) in [6.07, 6.45) is 0.466. The Labute approximate surface area is 108 Å². The van der Waals surface area contributed by atoms with Crippen LogP contribution in [0.5, 0.6) is 0 Å². The van der Waals surface area contributed by atoms with Gasteiger partial charge in [-0.2, -0.15) is 0 Å². The van der Waals surface area contributed by atoms with E-state index in [1.807, 2.05) is 13.8 Å². The molecule has 0 unspecified atom stereocenters. The van der Waals surface area contributed by atoms with Gasteiger partial charge in [0.25, 0.3) is 0 Å². The minimum Gasteiger partial charge on any atom is -0.462 e. The maximum Gasteiger partial charge on any atom is 0.338 e. The second kappa shape index (κ2) is 6.79. The Kier molecular flexibility index (Phi) is 5.36. The van der Waals surface area contributed by atoms with Crippen molar-refractivity contribution in [2.75, 3.05) is 18.1 Å². The van der Waals surface area contributed by atoms with Gasteiger partial charge in [-0.15, -0.1) is 0 Å². The summed E-state index contributed by atoms with van der Waals surface area (Å²) in [6.45, 7) is 6.50. The van der Waals surface area contributed by atoms with Gasteiger partial charge in [0.2, 0.25) is 5.91 Å². The lowest BCUT2D eigenvalue weighted by molar-refractivity contribution is -0.118. The molecule has 1 amide bonds. The van der Waals surface area contributed by atoms with E-state index in [4.69, 9.17) is 4.74 Å². The lowest BCUT2D eigenvalue weighted by Crippen LogP contribution is -2.29. The minimum absolute atomic E-state index is 0.0707. The Balaban J connectivity index is 2.87. The van der Waals surface area contributed by atoms with E-state index >= 15 is 0 Å². The number of nitrogens with zero attached hydrogens (tertiary/aromatic N) is 1. The molecule has 18 heavy (non-hydrogen) atoms. The highest BCUT2D eigenvalue weighted by Gasteiger charge is 2.12. The molecule has 1 aromatic carbocycles. The van der Waals surface area contributed by atoms with Crippen LogP contribution in [0.25, 0.3) is 0 Å². The normalized spacial score (nSPS) is 9.94. The fraction of sp³-hybridized carbons (Fsp3) is 0.429. The van der Waals surface area contributed by atoms with Crippen LogP contribution in [0.3, 0.4) is 0 Å². The molecule has 0 aliphatic rings. The number of hydrogen-bond donors (Lipinski definition) is 0. The van der Waals surface area contributed by atoms with Crippen molar-refractivity contribution in [3.05, 3.63) is 29.8 Å². The van der Waals surface area contributed by atoms with Crippen LogP contribution in [-0.2, 0) is 9.53 Å². The Morgan fingerprint density at radius 3 is 2.17 bits per heavy atom. The number of anilines is 1. The van der Waals surface area contributed by atoms with Crippen molar-refractivity contribution in [3.63, 3.8) is 0 Å². The average Bonchev–Trinajstić information content (AvgIpc) is 2.40. The van der Waals surface area contributed by atoms with Crippen LogP contribution in [0.15, 0.2) is 24.3 Å². The molecule has 0 bridgehead atoms. The second-order valence-electron chi connectivity index (χ2n) is 3.76. The standard InChI is InChI=1S/C14H19NO3/c1-4-13(16)15(5-2)12-9-7-11(8-10-12)14(17)18-6-3/h7-10H,4-6H2,1-3H3. The molecule has 98 valence electrons. The molecule has 1 rings (SSSR count). The van der Waals surface area contributed by atoms with Crippen molar-refractivity contribution in [1.29, 1.82) is 0 Å². The molecule has 4 nitrogen and oxygen atoms in total. The Morgan fingerprint density at radius 2 is 1.72 bits per heavy atom. The van der Waals surface area contributed by atoms with E-state index in [1.165, 1.54) is 0 Å². The minimum atomic E-state index is -0.339. The third-order valence-electron chi connectivity index (χ3n) is 2.61. The smallest absolute Gasteiger partial charge is 0.338 e. The largest absolute Gasteiger partial charge is 0.462 e. The fourth-order valence-electron chi connectivity index (χ4n) is 1.69. The summed E-state index contributed by atoms with van der Waals surface area (Å²) in [5.74, 6) is -0.268. The van der Waals surface area contributed by atoms with Gasteiger partial charge in [0.1, 0.15) is 0 Å². The van der Waals surface area contributed by atoms with Gasteiger partial charge in [-0.05, 0) is 38.1 Å². The number of rotatable bonds is 5. The first-order valence-corrected chi connectivity index (χ1v) is 6.21. The Hall–Kier alpha value is -1.84. The predicted octanol–water partition coefficient (Wildman–Crippen LogP) is 2.63. The highest BCUT2D eigenvalue weighted by molar-refractivity contribution is 5.94. The number of benzene rings is 1. The molecular formula is C14H19NO3. The molecule has 0 atom stereocenters. The number of carbonyl (C=O) groups excluding carboxylic acids is 2. The van der Waals surface area contributed by atoms with Gasteiger partial charge in [0.05, 0.1) is 12.2 Å². The van der Waals surface area contributed by atoms with Crippen LogP contribution >= 0.6 is 0 Å². The first kappa shape index (κ1) is 14.2. The van der Waals surface area contributed by atoms with Crippen LogP contribution < -0.4 is 4.90 Å². The third-order valence-corrected chi connectivity index (χ3v) is 2.61. The molecule has 0 spiro atoms. The van der Waals surface area contributed by atoms with Crippen molar-refractivity contribution in [1.82, 2.24) is 0 Å². The zero-order valence-electron chi connectivity index (χ0n) is 11.1. The van der Waals surface area contributed by atoms with Gasteiger partial charge >= 0.3 is 5.97 Å². The third kappa shape index (κ3) is 3.32.